The number of nitrogens with zero attached hydrogens (tertiary/aromatic N) is 1. The number of hydrogen-bond donors (Lipinski definition) is 2. The van der Waals surface area contributed by atoms with Crippen molar-refractivity contribution in [1.82, 2.24) is 4.90 Å². The fraction of sp³-hybridized carbons (Fsp3) is 0.176. The van der Waals surface area contributed by atoms with Gasteiger partial charge in [0.25, 0.3) is 5.91 Å². The summed E-state index contributed by atoms with van der Waals surface area (Å²) in [6.07, 6.45) is 2.45. The first kappa shape index (κ1) is 19.7. The molecule has 136 valence electrons. The van der Waals surface area contributed by atoms with Crippen molar-refractivity contribution < 1.29 is 29.3 Å². The number of hydrogen-bond acceptors (Lipinski definition) is 6. The van der Waals surface area contributed by atoms with Crippen LogP contribution in [0.15, 0.2) is 41.8 Å². The van der Waals surface area contributed by atoms with E-state index in [1.165, 1.54) is 0 Å². The molecule has 26 heavy (non-hydrogen) atoms. The maximum atomic E-state index is 12.5. The minimum atomic E-state index is -1.54. The number of benzene rings is 1. The summed E-state index contributed by atoms with van der Waals surface area (Å²) in [4.78, 5) is 35.8. The van der Waals surface area contributed by atoms with Gasteiger partial charge in [-0.2, -0.15) is 0 Å². The SMILES string of the molecule is C=CCOc1ccc(/C=C2\SC(=S)N([C@@H](CC(=O)O)C(=O)O)C2=O)cc1. The molecule has 0 unspecified atom stereocenters. The quantitative estimate of drug-likeness (QED) is 0.394. The van der Waals surface area contributed by atoms with E-state index in [-0.39, 0.29) is 9.23 Å². The Morgan fingerprint density at radius 2 is 1.96 bits per heavy atom. The van der Waals surface area contributed by atoms with Gasteiger partial charge in [0.05, 0.1) is 11.3 Å². The zero-order valence-electron chi connectivity index (χ0n) is 13.5. The molecule has 1 aliphatic heterocycles. The molecular weight excluding hydrogens is 378 g/mol. The van der Waals surface area contributed by atoms with Crippen LogP contribution < -0.4 is 4.74 Å². The van der Waals surface area contributed by atoms with E-state index in [0.29, 0.717) is 17.9 Å². The molecule has 0 radical (unpaired) electrons. The lowest BCUT2D eigenvalue weighted by atomic mass is 10.1. The fourth-order valence-corrected chi connectivity index (χ4v) is 3.53. The number of rotatable bonds is 8. The summed E-state index contributed by atoms with van der Waals surface area (Å²) in [5.74, 6) is -2.73. The molecule has 0 saturated carbocycles. The first-order valence-corrected chi connectivity index (χ1v) is 8.61. The zero-order chi connectivity index (χ0) is 19.3. The first-order valence-electron chi connectivity index (χ1n) is 7.39. The summed E-state index contributed by atoms with van der Waals surface area (Å²) in [5, 5.41) is 18.1. The van der Waals surface area contributed by atoms with Gasteiger partial charge in [0.15, 0.2) is 0 Å². The molecule has 1 aromatic carbocycles. The van der Waals surface area contributed by atoms with Gasteiger partial charge < -0.3 is 14.9 Å². The van der Waals surface area contributed by atoms with Crippen molar-refractivity contribution in [1.29, 1.82) is 0 Å². The highest BCUT2D eigenvalue weighted by atomic mass is 32.2. The van der Waals surface area contributed by atoms with Gasteiger partial charge in [0.1, 0.15) is 22.7 Å². The van der Waals surface area contributed by atoms with Crippen LogP contribution in [-0.2, 0) is 14.4 Å². The van der Waals surface area contributed by atoms with Crippen molar-refractivity contribution in [2.24, 2.45) is 0 Å². The summed E-state index contributed by atoms with van der Waals surface area (Å²) in [7, 11) is 0. The molecule has 2 N–H and O–H groups in total. The van der Waals surface area contributed by atoms with Crippen LogP contribution in [0.5, 0.6) is 5.75 Å². The Morgan fingerprint density at radius 3 is 2.50 bits per heavy atom. The van der Waals surface area contributed by atoms with E-state index in [1.807, 2.05) is 0 Å². The van der Waals surface area contributed by atoms with Gasteiger partial charge in [-0.25, -0.2) is 4.79 Å². The highest BCUT2D eigenvalue weighted by molar-refractivity contribution is 8.26. The molecule has 1 amide bonds. The number of carbonyl (C=O) groups is 3. The van der Waals surface area contributed by atoms with E-state index in [2.05, 4.69) is 6.58 Å². The molecule has 0 spiro atoms. The summed E-state index contributed by atoms with van der Waals surface area (Å²) in [6, 6.07) is 5.37. The van der Waals surface area contributed by atoms with E-state index in [1.54, 1.807) is 36.4 Å². The van der Waals surface area contributed by atoms with Crippen molar-refractivity contribution in [2.75, 3.05) is 6.61 Å². The smallest absolute Gasteiger partial charge is 0.327 e. The molecule has 1 fully saturated rings. The number of ether oxygens (including phenoxy) is 1. The monoisotopic (exact) mass is 393 g/mol. The van der Waals surface area contributed by atoms with E-state index in [4.69, 9.17) is 22.1 Å². The van der Waals surface area contributed by atoms with Gasteiger partial charge in [-0.05, 0) is 23.8 Å². The van der Waals surface area contributed by atoms with Crippen LogP contribution in [0.4, 0.5) is 0 Å². The Balaban J connectivity index is 2.21. The van der Waals surface area contributed by atoms with E-state index >= 15 is 0 Å². The molecule has 1 saturated heterocycles. The van der Waals surface area contributed by atoms with Crippen LogP contribution in [0.1, 0.15) is 12.0 Å². The first-order chi connectivity index (χ1) is 12.3. The van der Waals surface area contributed by atoms with Gasteiger partial charge >= 0.3 is 11.9 Å². The largest absolute Gasteiger partial charge is 0.490 e. The van der Waals surface area contributed by atoms with Crippen LogP contribution in [0.3, 0.4) is 0 Å². The van der Waals surface area contributed by atoms with E-state index in [0.717, 1.165) is 16.7 Å². The lowest BCUT2D eigenvalue weighted by Gasteiger charge is -2.21. The molecule has 9 heteroatoms. The highest BCUT2D eigenvalue weighted by Crippen LogP contribution is 2.34. The second kappa shape index (κ2) is 8.63. The van der Waals surface area contributed by atoms with Crippen molar-refractivity contribution in [3.05, 3.63) is 47.4 Å². The Morgan fingerprint density at radius 1 is 1.31 bits per heavy atom. The van der Waals surface area contributed by atoms with Gasteiger partial charge in [0.2, 0.25) is 0 Å². The van der Waals surface area contributed by atoms with Gasteiger partial charge in [0, 0.05) is 0 Å². The third-order valence-corrected chi connectivity index (χ3v) is 4.66. The van der Waals surface area contributed by atoms with Crippen molar-refractivity contribution in [3.8, 4) is 5.75 Å². The number of aliphatic carboxylic acids is 2. The topological polar surface area (TPSA) is 104 Å². The molecular formula is C17H15NO6S2. The number of thiocarbonyl (C=S) groups is 1. The molecule has 0 aromatic heterocycles. The molecule has 1 atom stereocenters. The lowest BCUT2D eigenvalue weighted by Crippen LogP contribution is -2.45. The molecule has 0 aliphatic carbocycles. The fourth-order valence-electron chi connectivity index (χ4n) is 2.17. The Hall–Kier alpha value is -2.65. The van der Waals surface area contributed by atoms with Gasteiger partial charge in [-0.3, -0.25) is 14.5 Å². The third-order valence-electron chi connectivity index (χ3n) is 3.33. The summed E-state index contributed by atoms with van der Waals surface area (Å²) < 4.78 is 5.38. The molecule has 0 bridgehead atoms. The number of thioether (sulfide) groups is 1. The average Bonchev–Trinajstić information content (AvgIpc) is 2.85. The number of carboxylic acid groups (broad SMARTS) is 2. The second-order valence-electron chi connectivity index (χ2n) is 5.17. The molecule has 1 aliphatic rings. The van der Waals surface area contributed by atoms with E-state index in [9.17, 15) is 19.5 Å². The van der Waals surface area contributed by atoms with Crippen LogP contribution in [0, 0.1) is 0 Å². The van der Waals surface area contributed by atoms with Crippen molar-refractivity contribution in [3.63, 3.8) is 0 Å². The molecule has 1 aromatic rings. The second-order valence-corrected chi connectivity index (χ2v) is 6.85. The summed E-state index contributed by atoms with van der Waals surface area (Å²) >= 11 is 6.01. The summed E-state index contributed by atoms with van der Waals surface area (Å²) in [6.45, 7) is 3.93. The number of amides is 1. The van der Waals surface area contributed by atoms with E-state index < -0.39 is 30.3 Å². The maximum Gasteiger partial charge on any atom is 0.327 e. The van der Waals surface area contributed by atoms with Gasteiger partial charge in [-0.15, -0.1) is 0 Å². The predicted octanol–water partition coefficient (Wildman–Crippen LogP) is 2.38. The van der Waals surface area contributed by atoms with Crippen LogP contribution in [-0.4, -0.2) is 49.9 Å². The van der Waals surface area contributed by atoms with Crippen LogP contribution >= 0.6 is 24.0 Å². The molecule has 1 heterocycles. The Kier molecular flexibility index (Phi) is 6.53. The minimum Gasteiger partial charge on any atom is -0.490 e. The standard InChI is InChI=1S/C17H15NO6S2/c1-2-7-24-11-5-3-10(4-6-11)8-13-15(21)18(17(25)26-13)12(16(22)23)9-14(19)20/h2-6,8,12H,1,7,9H2,(H,19,20)(H,22,23)/b13-8-/t12-/m0/s1. The van der Waals surface area contributed by atoms with Crippen LogP contribution in [0.2, 0.25) is 0 Å². The Bertz CT molecular complexity index is 787. The lowest BCUT2D eigenvalue weighted by molar-refractivity contribution is -0.150. The van der Waals surface area contributed by atoms with Crippen molar-refractivity contribution in [2.45, 2.75) is 12.5 Å². The predicted molar refractivity (Wildman–Crippen MR) is 101 cm³/mol. The Labute approximate surface area is 158 Å². The van der Waals surface area contributed by atoms with Gasteiger partial charge in [-0.1, -0.05) is 48.8 Å². The maximum absolute atomic E-state index is 12.5. The molecule has 7 nitrogen and oxygen atoms in total. The normalized spacial score (nSPS) is 16.6. The minimum absolute atomic E-state index is 0.0147. The van der Waals surface area contributed by atoms with Crippen molar-refractivity contribution >= 4 is 52.2 Å². The number of carboxylic acids is 2. The van der Waals surface area contributed by atoms with Crippen LogP contribution in [0.25, 0.3) is 6.08 Å². The third kappa shape index (κ3) is 4.70. The average molecular weight is 393 g/mol. The molecule has 2 rings (SSSR count). The highest BCUT2D eigenvalue weighted by Gasteiger charge is 2.41. The summed E-state index contributed by atoms with van der Waals surface area (Å²) in [5.41, 5.74) is 0.696. The number of carbonyl (C=O) groups excluding carboxylic acids is 1. The zero-order valence-corrected chi connectivity index (χ0v) is 15.1.